The summed E-state index contributed by atoms with van der Waals surface area (Å²) in [5.74, 6) is -0.367. The summed E-state index contributed by atoms with van der Waals surface area (Å²) < 4.78 is 55.3. The van der Waals surface area contributed by atoms with Crippen LogP contribution in [-0.2, 0) is 25.2 Å². The number of piperidine rings is 1. The Kier molecular flexibility index (Phi) is 10.2. The Morgan fingerprint density at radius 2 is 1.95 bits per heavy atom. The van der Waals surface area contributed by atoms with E-state index in [1.54, 1.807) is 18.9 Å². The number of amides is 1. The Labute approximate surface area is 220 Å². The van der Waals surface area contributed by atoms with Crippen molar-refractivity contribution in [2.24, 2.45) is 10.7 Å². The number of alkyl halides is 3. The van der Waals surface area contributed by atoms with Gasteiger partial charge in [0.2, 0.25) is 0 Å². The van der Waals surface area contributed by atoms with E-state index in [9.17, 15) is 18.0 Å². The molecule has 0 bridgehead atoms. The van der Waals surface area contributed by atoms with E-state index in [0.29, 0.717) is 31.9 Å². The van der Waals surface area contributed by atoms with Gasteiger partial charge in [-0.3, -0.25) is 4.79 Å². The number of rotatable bonds is 8. The first-order chi connectivity index (χ1) is 18.0. The molecular weight excluding hydrogens is 503 g/mol. The number of carbonyl (C=O) groups is 1. The highest BCUT2D eigenvalue weighted by molar-refractivity contribution is 5.97. The molecule has 0 saturated carbocycles. The minimum Gasteiger partial charge on any atom is -0.469 e. The van der Waals surface area contributed by atoms with Crippen molar-refractivity contribution < 1.29 is 32.2 Å². The van der Waals surface area contributed by atoms with Crippen LogP contribution in [0.3, 0.4) is 0 Å². The molecule has 2 heterocycles. The van der Waals surface area contributed by atoms with Crippen molar-refractivity contribution in [1.82, 2.24) is 10.2 Å². The largest absolute Gasteiger partial charge is 0.469 e. The first-order valence-electron chi connectivity index (χ1n) is 12.4. The van der Waals surface area contributed by atoms with Crippen molar-refractivity contribution in [3.63, 3.8) is 0 Å². The predicted molar refractivity (Wildman–Crippen MR) is 138 cm³/mol. The molecule has 38 heavy (non-hydrogen) atoms. The fourth-order valence-corrected chi connectivity index (χ4v) is 4.47. The number of nitrogens with zero attached hydrogens (tertiary/aromatic N) is 2. The SMILES string of the molecule is C=C(Nc1cccc(C(F)(F)F)c1)/C(C)=C(\N=C(/N)OC)C(=O)N1CCC(N[C@@H]2CCOC[C@@H]2OC)CC1. The van der Waals surface area contributed by atoms with E-state index in [4.69, 9.17) is 19.9 Å². The molecule has 0 unspecified atom stereocenters. The highest BCUT2D eigenvalue weighted by Crippen LogP contribution is 2.31. The summed E-state index contributed by atoms with van der Waals surface area (Å²) in [6.07, 6.45) is -2.17. The van der Waals surface area contributed by atoms with Gasteiger partial charge in [0.15, 0.2) is 0 Å². The average molecular weight is 540 g/mol. The number of anilines is 1. The maximum absolute atomic E-state index is 13.5. The Morgan fingerprint density at radius 1 is 1.24 bits per heavy atom. The van der Waals surface area contributed by atoms with E-state index in [1.165, 1.54) is 19.2 Å². The summed E-state index contributed by atoms with van der Waals surface area (Å²) >= 11 is 0. The highest BCUT2D eigenvalue weighted by atomic mass is 19.4. The predicted octanol–water partition coefficient (Wildman–Crippen LogP) is 3.25. The number of allylic oxidation sites excluding steroid dienone is 1. The van der Waals surface area contributed by atoms with Gasteiger partial charge in [-0.05, 0) is 44.4 Å². The molecule has 1 aromatic carbocycles. The number of halogens is 3. The number of amidine groups is 1. The van der Waals surface area contributed by atoms with Crippen molar-refractivity contribution in [2.75, 3.05) is 45.8 Å². The van der Waals surface area contributed by atoms with Crippen LogP contribution in [-0.4, -0.2) is 75.5 Å². The molecule has 1 aromatic rings. The second kappa shape index (κ2) is 13.1. The van der Waals surface area contributed by atoms with Gasteiger partial charge in [0.25, 0.3) is 11.9 Å². The van der Waals surface area contributed by atoms with Gasteiger partial charge >= 0.3 is 6.18 Å². The van der Waals surface area contributed by atoms with Gasteiger partial charge in [-0.15, -0.1) is 0 Å². The van der Waals surface area contributed by atoms with Crippen LogP contribution in [0, 0.1) is 0 Å². The number of carbonyl (C=O) groups excluding carboxylic acids is 1. The zero-order valence-electron chi connectivity index (χ0n) is 21.9. The number of nitrogens with one attached hydrogen (secondary N) is 2. The Hall–Kier alpha value is -3.09. The first kappa shape index (κ1) is 29.5. The van der Waals surface area contributed by atoms with E-state index in [-0.39, 0.29) is 47.2 Å². The normalized spacial score (nSPS) is 22.1. The van der Waals surface area contributed by atoms with Gasteiger partial charge in [-0.25, -0.2) is 0 Å². The number of nitrogens with two attached hydrogens (primary N) is 1. The molecule has 2 aliphatic rings. The van der Waals surface area contributed by atoms with E-state index in [2.05, 4.69) is 22.2 Å². The maximum atomic E-state index is 13.5. The lowest BCUT2D eigenvalue weighted by atomic mass is 9.99. The zero-order valence-corrected chi connectivity index (χ0v) is 21.9. The number of methoxy groups -OCH3 is 2. The van der Waals surface area contributed by atoms with E-state index in [1.807, 2.05) is 0 Å². The van der Waals surface area contributed by atoms with Gasteiger partial charge in [-0.1, -0.05) is 12.6 Å². The van der Waals surface area contributed by atoms with Gasteiger partial charge < -0.3 is 35.5 Å². The first-order valence-corrected chi connectivity index (χ1v) is 12.4. The summed E-state index contributed by atoms with van der Waals surface area (Å²) in [5, 5.41) is 6.49. The quantitative estimate of drug-likeness (QED) is 0.201. The summed E-state index contributed by atoms with van der Waals surface area (Å²) in [6, 6.07) is 4.90. The smallest absolute Gasteiger partial charge is 0.416 e. The summed E-state index contributed by atoms with van der Waals surface area (Å²) in [4.78, 5) is 19.3. The summed E-state index contributed by atoms with van der Waals surface area (Å²) in [5.41, 5.74) is 5.69. The molecule has 0 aromatic heterocycles. The lowest BCUT2D eigenvalue weighted by Crippen LogP contribution is -2.54. The van der Waals surface area contributed by atoms with Crippen molar-refractivity contribution >= 4 is 17.6 Å². The third kappa shape index (κ3) is 7.71. The standard InChI is InChI=1S/C26H36F3N5O4/c1-16(17(2)31-20-7-5-6-18(14-20)26(27,28)29)23(33-25(30)37-4)24(35)34-11-8-19(9-12-34)32-21-10-13-38-15-22(21)36-3/h5-7,14,19,21-22,31-32H,2,8-13,15H2,1,3-4H3,(H2,30,33)/b23-16-/t21-,22+/m1/s1. The lowest BCUT2D eigenvalue weighted by Gasteiger charge is -2.38. The Bertz CT molecular complexity index is 1050. The molecule has 9 nitrogen and oxygen atoms in total. The van der Waals surface area contributed by atoms with Gasteiger partial charge in [0.05, 0.1) is 25.4 Å². The third-order valence-corrected chi connectivity index (χ3v) is 6.77. The number of ether oxygens (including phenoxy) is 3. The third-order valence-electron chi connectivity index (χ3n) is 6.77. The Balaban J connectivity index is 1.71. The second-order valence-corrected chi connectivity index (χ2v) is 9.29. The van der Waals surface area contributed by atoms with Crippen LogP contribution < -0.4 is 16.4 Å². The summed E-state index contributed by atoms with van der Waals surface area (Å²) in [6.45, 7) is 7.73. The number of aliphatic imine (C=N–C) groups is 1. The molecule has 3 rings (SSSR count). The van der Waals surface area contributed by atoms with E-state index < -0.39 is 11.7 Å². The maximum Gasteiger partial charge on any atom is 0.416 e. The number of hydrogen-bond donors (Lipinski definition) is 3. The molecule has 2 saturated heterocycles. The fourth-order valence-electron chi connectivity index (χ4n) is 4.47. The molecule has 4 N–H and O–H groups in total. The van der Waals surface area contributed by atoms with Crippen LogP contribution >= 0.6 is 0 Å². The molecule has 1 amide bonds. The van der Waals surface area contributed by atoms with Crippen LogP contribution in [0.15, 0.2) is 52.8 Å². The van der Waals surface area contributed by atoms with Gasteiger partial charge in [-0.2, -0.15) is 18.2 Å². The highest BCUT2D eigenvalue weighted by Gasteiger charge is 2.32. The number of hydrogen-bond acceptors (Lipinski definition) is 7. The lowest BCUT2D eigenvalue weighted by molar-refractivity contribution is -0.137. The molecule has 2 aliphatic heterocycles. The van der Waals surface area contributed by atoms with Crippen molar-refractivity contribution in [3.05, 3.63) is 53.4 Å². The molecule has 210 valence electrons. The van der Waals surface area contributed by atoms with Crippen LogP contribution in [0.5, 0.6) is 0 Å². The molecular formula is C26H36F3N5O4. The number of likely N-dealkylation sites (tertiary alicyclic amines) is 1. The van der Waals surface area contributed by atoms with Crippen molar-refractivity contribution in [1.29, 1.82) is 0 Å². The molecule has 2 atom stereocenters. The van der Waals surface area contributed by atoms with Crippen LogP contribution in [0.2, 0.25) is 0 Å². The van der Waals surface area contributed by atoms with Crippen molar-refractivity contribution in [2.45, 2.75) is 50.6 Å². The van der Waals surface area contributed by atoms with Gasteiger partial charge in [0.1, 0.15) is 5.70 Å². The summed E-state index contributed by atoms with van der Waals surface area (Å²) in [7, 11) is 3.00. The zero-order chi connectivity index (χ0) is 27.9. The monoisotopic (exact) mass is 539 g/mol. The molecule has 0 spiro atoms. The minimum absolute atomic E-state index is 0.00381. The molecule has 0 aliphatic carbocycles. The van der Waals surface area contributed by atoms with Crippen LogP contribution in [0.1, 0.15) is 31.7 Å². The average Bonchev–Trinajstić information content (AvgIpc) is 2.91. The fraction of sp³-hybridized carbons (Fsp3) is 0.538. The Morgan fingerprint density at radius 3 is 2.58 bits per heavy atom. The number of benzene rings is 1. The van der Waals surface area contributed by atoms with E-state index >= 15 is 0 Å². The van der Waals surface area contributed by atoms with Crippen LogP contribution in [0.25, 0.3) is 0 Å². The van der Waals surface area contributed by atoms with Gasteiger partial charge in [0, 0.05) is 55.8 Å². The van der Waals surface area contributed by atoms with Crippen LogP contribution in [0.4, 0.5) is 18.9 Å². The molecule has 12 heteroatoms. The van der Waals surface area contributed by atoms with Crippen molar-refractivity contribution in [3.8, 4) is 0 Å². The minimum atomic E-state index is -4.49. The second-order valence-electron chi connectivity index (χ2n) is 9.29. The molecule has 0 radical (unpaired) electrons. The van der Waals surface area contributed by atoms with E-state index in [0.717, 1.165) is 31.4 Å². The molecule has 2 fully saturated rings. The topological polar surface area (TPSA) is 110 Å².